The summed E-state index contributed by atoms with van der Waals surface area (Å²) in [6.07, 6.45) is 0. The molecule has 0 aromatic heterocycles. The van der Waals surface area contributed by atoms with Crippen molar-refractivity contribution < 1.29 is 17.1 Å². The minimum absolute atomic E-state index is 0. The molecule has 0 atom stereocenters. The van der Waals surface area contributed by atoms with Crippen LogP contribution in [-0.2, 0) is 17.1 Å². The van der Waals surface area contributed by atoms with Gasteiger partial charge >= 0.3 is 0 Å². The third-order valence-electron chi connectivity index (χ3n) is 7.19. The largest absolute Gasteiger partial charge is 0.0627 e. The van der Waals surface area contributed by atoms with E-state index in [1.807, 2.05) is 0 Å². The molecule has 168 valence electrons. The van der Waals surface area contributed by atoms with E-state index in [0.717, 1.165) is 0 Å². The van der Waals surface area contributed by atoms with Crippen molar-refractivity contribution >= 4 is 0 Å². The Morgan fingerprint density at radius 2 is 0.552 bits per heavy atom. The van der Waals surface area contributed by atoms with Gasteiger partial charge in [0, 0.05) is 17.1 Å². The molecular formula is C28H48Fe. The van der Waals surface area contributed by atoms with Gasteiger partial charge < -0.3 is 0 Å². The molecule has 0 N–H and O–H groups in total. The predicted octanol–water partition coefficient (Wildman–Crippen LogP) is 9.16. The van der Waals surface area contributed by atoms with E-state index in [1.165, 1.54) is 0 Å². The fraction of sp³-hybridized carbons (Fsp3) is 0.714. The van der Waals surface area contributed by atoms with Crippen LogP contribution in [0.15, 0.2) is 44.6 Å². The zero-order valence-electron chi connectivity index (χ0n) is 21.8. The van der Waals surface area contributed by atoms with Crippen molar-refractivity contribution in [1.82, 2.24) is 0 Å². The molecule has 2 rings (SSSR count). The molecule has 0 radical (unpaired) electrons. The van der Waals surface area contributed by atoms with Crippen LogP contribution in [0.1, 0.15) is 96.9 Å². The Hall–Kier alpha value is -0.521. The molecular weight excluding hydrogens is 392 g/mol. The SMILES string of the molecule is CC1=C(C(C)C)C(C(C)C)=C(C)C1C.CC1=C(C(C)C)C(C(C)C)=C(C)C1C.[Fe]. The van der Waals surface area contributed by atoms with Gasteiger partial charge in [-0.25, -0.2) is 0 Å². The van der Waals surface area contributed by atoms with Crippen molar-refractivity contribution in [2.45, 2.75) is 96.9 Å². The molecule has 0 fully saturated rings. The predicted molar refractivity (Wildman–Crippen MR) is 128 cm³/mol. The van der Waals surface area contributed by atoms with Crippen LogP contribution < -0.4 is 0 Å². The van der Waals surface area contributed by atoms with Crippen LogP contribution >= 0.6 is 0 Å². The van der Waals surface area contributed by atoms with Crippen molar-refractivity contribution in [3.05, 3.63) is 44.6 Å². The van der Waals surface area contributed by atoms with Gasteiger partial charge in [0.1, 0.15) is 0 Å². The van der Waals surface area contributed by atoms with E-state index >= 15 is 0 Å². The normalized spacial score (nSPS) is 18.8. The summed E-state index contributed by atoms with van der Waals surface area (Å²) in [5.41, 5.74) is 12.9. The molecule has 0 amide bonds. The van der Waals surface area contributed by atoms with Gasteiger partial charge in [0.25, 0.3) is 0 Å². The number of hydrogen-bond acceptors (Lipinski definition) is 0. The minimum atomic E-state index is 0. The van der Waals surface area contributed by atoms with Gasteiger partial charge in [-0.05, 0) is 85.5 Å². The Bertz CT molecular complexity index is 583. The summed E-state index contributed by atoms with van der Waals surface area (Å²) in [6, 6.07) is 0. The third kappa shape index (κ3) is 5.80. The van der Waals surface area contributed by atoms with Crippen molar-refractivity contribution in [1.29, 1.82) is 0 Å². The molecule has 0 spiro atoms. The molecule has 0 heterocycles. The second-order valence-corrected chi connectivity index (χ2v) is 10.4. The maximum Gasteiger partial charge on any atom is 0 e. The fourth-order valence-electron chi connectivity index (χ4n) is 5.50. The minimum Gasteiger partial charge on any atom is -0.0627 e. The zero-order chi connectivity index (χ0) is 22.1. The second-order valence-electron chi connectivity index (χ2n) is 10.4. The Morgan fingerprint density at radius 1 is 0.414 bits per heavy atom. The van der Waals surface area contributed by atoms with E-state index in [4.69, 9.17) is 0 Å². The molecule has 0 aromatic carbocycles. The Kier molecular flexibility index (Phi) is 11.0. The first-order valence-corrected chi connectivity index (χ1v) is 11.6. The standard InChI is InChI=1S/2C14H24.Fe/c2*1-8(2)13-11(6)10(5)12(7)14(13)9(3)4;/h2*8-10H,1-7H3;. The molecule has 2 aliphatic carbocycles. The van der Waals surface area contributed by atoms with Gasteiger partial charge in [0.05, 0.1) is 0 Å². The van der Waals surface area contributed by atoms with Crippen LogP contribution in [-0.4, -0.2) is 0 Å². The van der Waals surface area contributed by atoms with Crippen molar-refractivity contribution in [3.63, 3.8) is 0 Å². The third-order valence-corrected chi connectivity index (χ3v) is 7.19. The molecule has 0 saturated heterocycles. The molecule has 0 unspecified atom stereocenters. The molecule has 2 aliphatic rings. The maximum absolute atomic E-state index is 2.34. The van der Waals surface area contributed by atoms with Crippen LogP contribution in [0.25, 0.3) is 0 Å². The van der Waals surface area contributed by atoms with E-state index < -0.39 is 0 Å². The van der Waals surface area contributed by atoms with Crippen molar-refractivity contribution in [3.8, 4) is 0 Å². The molecule has 0 aliphatic heterocycles. The molecule has 1 heteroatoms. The van der Waals surface area contributed by atoms with Gasteiger partial charge in [-0.1, -0.05) is 91.5 Å². The average Bonchev–Trinajstić information content (AvgIpc) is 2.95. The van der Waals surface area contributed by atoms with Crippen LogP contribution in [0.2, 0.25) is 0 Å². The van der Waals surface area contributed by atoms with Crippen LogP contribution in [0.3, 0.4) is 0 Å². The van der Waals surface area contributed by atoms with Gasteiger partial charge in [-0.3, -0.25) is 0 Å². The molecule has 29 heavy (non-hydrogen) atoms. The average molecular weight is 441 g/mol. The van der Waals surface area contributed by atoms with Crippen molar-refractivity contribution in [2.24, 2.45) is 35.5 Å². The summed E-state index contributed by atoms with van der Waals surface area (Å²) in [5.74, 6) is 4.04. The fourth-order valence-corrected chi connectivity index (χ4v) is 5.50. The smallest absolute Gasteiger partial charge is 0 e. The summed E-state index contributed by atoms with van der Waals surface area (Å²) in [4.78, 5) is 0. The summed E-state index contributed by atoms with van der Waals surface area (Å²) in [7, 11) is 0. The monoisotopic (exact) mass is 440 g/mol. The first-order chi connectivity index (χ1) is 12.7. The molecule has 0 bridgehead atoms. The van der Waals surface area contributed by atoms with Gasteiger partial charge in [-0.15, -0.1) is 0 Å². The van der Waals surface area contributed by atoms with Crippen molar-refractivity contribution in [2.75, 3.05) is 0 Å². The topological polar surface area (TPSA) is 0 Å². The van der Waals surface area contributed by atoms with E-state index in [1.54, 1.807) is 44.6 Å². The summed E-state index contributed by atoms with van der Waals surface area (Å²) < 4.78 is 0. The Morgan fingerprint density at radius 3 is 0.655 bits per heavy atom. The number of rotatable bonds is 4. The van der Waals surface area contributed by atoms with E-state index in [9.17, 15) is 0 Å². The molecule has 0 aromatic rings. The number of allylic oxidation sites excluding steroid dienone is 8. The maximum atomic E-state index is 2.34. The zero-order valence-corrected chi connectivity index (χ0v) is 22.9. The van der Waals surface area contributed by atoms with Gasteiger partial charge in [-0.2, -0.15) is 0 Å². The number of hydrogen-bond donors (Lipinski definition) is 0. The van der Waals surface area contributed by atoms with E-state index in [0.29, 0.717) is 35.5 Å². The molecule has 0 nitrogen and oxygen atoms in total. The summed E-state index contributed by atoms with van der Waals surface area (Å²) in [5, 5.41) is 0. The van der Waals surface area contributed by atoms with Gasteiger partial charge in [0.2, 0.25) is 0 Å². The van der Waals surface area contributed by atoms with Crippen LogP contribution in [0, 0.1) is 35.5 Å². The summed E-state index contributed by atoms with van der Waals surface area (Å²) in [6.45, 7) is 32.4. The first-order valence-electron chi connectivity index (χ1n) is 11.6. The molecule has 0 saturated carbocycles. The van der Waals surface area contributed by atoms with E-state index in [-0.39, 0.29) is 17.1 Å². The second kappa shape index (κ2) is 11.2. The van der Waals surface area contributed by atoms with E-state index in [2.05, 4.69) is 96.9 Å². The van der Waals surface area contributed by atoms with Gasteiger partial charge in [0.15, 0.2) is 0 Å². The van der Waals surface area contributed by atoms with Crippen LogP contribution in [0.4, 0.5) is 0 Å². The van der Waals surface area contributed by atoms with Crippen LogP contribution in [0.5, 0.6) is 0 Å². The Labute approximate surface area is 193 Å². The Balaban J connectivity index is 0.000000523. The first kappa shape index (κ1) is 28.5. The quantitative estimate of drug-likeness (QED) is 0.382. The summed E-state index contributed by atoms with van der Waals surface area (Å²) >= 11 is 0.